The maximum absolute atomic E-state index is 13.6. The first-order valence-corrected chi connectivity index (χ1v) is 10.5. The van der Waals surface area contributed by atoms with Gasteiger partial charge in [0.15, 0.2) is 17.8 Å². The first-order chi connectivity index (χ1) is 14.4. The predicted octanol–water partition coefficient (Wildman–Crippen LogP) is 5.39. The summed E-state index contributed by atoms with van der Waals surface area (Å²) < 4.78 is 51.9. The van der Waals surface area contributed by atoms with Gasteiger partial charge in [0.1, 0.15) is 6.10 Å². The molecule has 3 atom stereocenters. The molecule has 1 amide bonds. The van der Waals surface area contributed by atoms with Gasteiger partial charge < -0.3 is 14.5 Å². The minimum Gasteiger partial charge on any atom is -0.445 e. The molecule has 1 aromatic carbocycles. The van der Waals surface area contributed by atoms with Crippen molar-refractivity contribution in [2.24, 2.45) is 0 Å². The number of amides is 1. The third-order valence-corrected chi connectivity index (χ3v) is 6.03. The van der Waals surface area contributed by atoms with Gasteiger partial charge in [-0.3, -0.25) is 4.79 Å². The molecule has 0 unspecified atom stereocenters. The predicted molar refractivity (Wildman–Crippen MR) is 103 cm³/mol. The second-order valence-corrected chi connectivity index (χ2v) is 7.98. The Bertz CT molecular complexity index is 875. The first kappa shape index (κ1) is 20.9. The Balaban J connectivity index is 1.60. The topological polar surface area (TPSA) is 64.4 Å². The van der Waals surface area contributed by atoms with E-state index in [-0.39, 0.29) is 17.4 Å². The van der Waals surface area contributed by atoms with Gasteiger partial charge in [-0.1, -0.05) is 37.5 Å². The van der Waals surface area contributed by atoms with Crippen LogP contribution >= 0.6 is 0 Å². The Labute approximate surface area is 173 Å². The average molecular weight is 422 g/mol. The number of carbonyl (C=O) groups is 1. The number of nitrogens with zero attached hydrogens (tertiary/aromatic N) is 1. The zero-order valence-corrected chi connectivity index (χ0v) is 16.6. The van der Waals surface area contributed by atoms with E-state index in [1.165, 1.54) is 18.5 Å². The van der Waals surface area contributed by atoms with Gasteiger partial charge in [-0.25, -0.2) is 4.98 Å². The highest BCUT2D eigenvalue weighted by molar-refractivity contribution is 5.93. The lowest BCUT2D eigenvalue weighted by atomic mass is 9.84. The third-order valence-electron chi connectivity index (χ3n) is 6.03. The van der Waals surface area contributed by atoms with Crippen LogP contribution in [0.4, 0.5) is 13.2 Å². The molecule has 1 saturated carbocycles. The van der Waals surface area contributed by atoms with Crippen molar-refractivity contribution < 1.29 is 27.1 Å². The monoisotopic (exact) mass is 422 g/mol. The molecule has 2 aromatic rings. The smallest absolute Gasteiger partial charge is 0.416 e. The Hall–Kier alpha value is -2.35. The number of hydrogen-bond donors (Lipinski definition) is 1. The summed E-state index contributed by atoms with van der Waals surface area (Å²) in [6.45, 7) is 0.603. The van der Waals surface area contributed by atoms with E-state index in [9.17, 15) is 18.0 Å². The van der Waals surface area contributed by atoms with Gasteiger partial charge in [-0.2, -0.15) is 13.2 Å². The van der Waals surface area contributed by atoms with Gasteiger partial charge >= 0.3 is 6.18 Å². The summed E-state index contributed by atoms with van der Waals surface area (Å²) >= 11 is 0. The van der Waals surface area contributed by atoms with Crippen LogP contribution in [0.5, 0.6) is 0 Å². The van der Waals surface area contributed by atoms with Crippen LogP contribution < -0.4 is 5.32 Å². The molecule has 2 aliphatic rings. The molecular formula is C22H25F3N2O3. The molecule has 1 N–H and O–H groups in total. The summed E-state index contributed by atoms with van der Waals surface area (Å²) in [7, 11) is 0. The van der Waals surface area contributed by atoms with Crippen molar-refractivity contribution >= 4 is 5.91 Å². The van der Waals surface area contributed by atoms with Gasteiger partial charge in [-0.05, 0) is 37.3 Å². The van der Waals surface area contributed by atoms with Crippen molar-refractivity contribution in [1.29, 1.82) is 0 Å². The number of ether oxygens (including phenoxy) is 1. The Kier molecular flexibility index (Phi) is 6.13. The largest absolute Gasteiger partial charge is 0.445 e. The number of aromatic nitrogens is 1. The summed E-state index contributed by atoms with van der Waals surface area (Å²) in [6, 6.07) is 5.28. The van der Waals surface area contributed by atoms with Crippen molar-refractivity contribution in [2.45, 2.75) is 69.2 Å². The standard InChI is InChI=1S/C22H25F3N2O3/c23-22(24,25)16-9-5-4-7-14(16)15-8-2-1-3-10-17(15)27-21(28)19-20(30-13-26-19)18-11-6-12-29-18/h4-5,7,9,13,15,17-18H,1-3,6,8,10-12H2,(H,27,28)/t15-,17+,18-/m0/s1. The molecule has 2 heterocycles. The van der Waals surface area contributed by atoms with Crippen LogP contribution in [-0.2, 0) is 10.9 Å². The quantitative estimate of drug-likeness (QED) is 0.671. The van der Waals surface area contributed by atoms with Crippen LogP contribution in [0.25, 0.3) is 0 Å². The Morgan fingerprint density at radius 2 is 1.87 bits per heavy atom. The first-order valence-electron chi connectivity index (χ1n) is 10.5. The van der Waals surface area contributed by atoms with E-state index in [0.717, 1.165) is 38.2 Å². The summed E-state index contributed by atoms with van der Waals surface area (Å²) in [4.78, 5) is 17.1. The third kappa shape index (κ3) is 4.38. The van der Waals surface area contributed by atoms with Gasteiger partial charge in [-0.15, -0.1) is 0 Å². The molecule has 5 nitrogen and oxygen atoms in total. The lowest BCUT2D eigenvalue weighted by Crippen LogP contribution is -2.40. The minimum atomic E-state index is -4.43. The molecule has 0 bridgehead atoms. The van der Waals surface area contributed by atoms with E-state index in [1.54, 1.807) is 6.07 Å². The molecule has 8 heteroatoms. The van der Waals surface area contributed by atoms with E-state index < -0.39 is 29.6 Å². The molecule has 0 spiro atoms. The van der Waals surface area contributed by atoms with Crippen LogP contribution in [-0.4, -0.2) is 23.5 Å². The molecule has 1 saturated heterocycles. The SMILES string of the molecule is O=C(N[C@@H]1CCCCC[C@H]1c1ccccc1C(F)(F)F)c1ncoc1[C@@H]1CCCO1. The number of benzene rings is 1. The number of hydrogen-bond acceptors (Lipinski definition) is 4. The summed E-state index contributed by atoms with van der Waals surface area (Å²) in [6.07, 6.45) is 1.94. The molecule has 162 valence electrons. The van der Waals surface area contributed by atoms with E-state index in [2.05, 4.69) is 10.3 Å². The van der Waals surface area contributed by atoms with Crippen molar-refractivity contribution in [1.82, 2.24) is 10.3 Å². The zero-order valence-electron chi connectivity index (χ0n) is 16.6. The summed E-state index contributed by atoms with van der Waals surface area (Å²) in [5.41, 5.74) is -0.219. The fraction of sp³-hybridized carbons (Fsp3) is 0.545. The van der Waals surface area contributed by atoms with Crippen molar-refractivity contribution in [3.63, 3.8) is 0 Å². The molecule has 2 fully saturated rings. The lowest BCUT2D eigenvalue weighted by Gasteiger charge is -2.28. The van der Waals surface area contributed by atoms with Crippen LogP contribution in [0.15, 0.2) is 35.1 Å². The highest BCUT2D eigenvalue weighted by Gasteiger charge is 2.38. The second kappa shape index (κ2) is 8.79. The normalized spacial score (nSPS) is 25.1. The number of carbonyl (C=O) groups excluding carboxylic acids is 1. The van der Waals surface area contributed by atoms with Gasteiger partial charge in [0, 0.05) is 18.6 Å². The molecule has 30 heavy (non-hydrogen) atoms. The second-order valence-electron chi connectivity index (χ2n) is 7.98. The number of oxazole rings is 1. The number of halogens is 3. The van der Waals surface area contributed by atoms with E-state index in [0.29, 0.717) is 25.2 Å². The molecule has 4 rings (SSSR count). The van der Waals surface area contributed by atoms with Crippen LogP contribution in [0, 0.1) is 0 Å². The van der Waals surface area contributed by atoms with Gasteiger partial charge in [0.2, 0.25) is 0 Å². The lowest BCUT2D eigenvalue weighted by molar-refractivity contribution is -0.138. The number of nitrogens with one attached hydrogen (secondary N) is 1. The fourth-order valence-corrected chi connectivity index (χ4v) is 4.61. The Morgan fingerprint density at radius 1 is 1.07 bits per heavy atom. The average Bonchev–Trinajstić information content (AvgIpc) is 3.36. The minimum absolute atomic E-state index is 0.161. The van der Waals surface area contributed by atoms with Gasteiger partial charge in [0.25, 0.3) is 5.91 Å². The van der Waals surface area contributed by atoms with Crippen LogP contribution in [0.2, 0.25) is 0 Å². The number of alkyl halides is 3. The maximum Gasteiger partial charge on any atom is 0.416 e. The maximum atomic E-state index is 13.6. The summed E-state index contributed by atoms with van der Waals surface area (Å²) in [5.74, 6) is -0.436. The molecule has 1 aromatic heterocycles. The summed E-state index contributed by atoms with van der Waals surface area (Å²) in [5, 5.41) is 2.97. The van der Waals surface area contributed by atoms with Crippen LogP contribution in [0.3, 0.4) is 0 Å². The molecule has 1 aliphatic carbocycles. The van der Waals surface area contributed by atoms with E-state index >= 15 is 0 Å². The number of rotatable bonds is 4. The van der Waals surface area contributed by atoms with E-state index in [1.807, 2.05) is 0 Å². The molecule has 1 aliphatic heterocycles. The highest BCUT2D eigenvalue weighted by Crippen LogP contribution is 2.40. The van der Waals surface area contributed by atoms with Crippen molar-refractivity contribution in [3.05, 3.63) is 53.2 Å². The fourth-order valence-electron chi connectivity index (χ4n) is 4.61. The van der Waals surface area contributed by atoms with Crippen molar-refractivity contribution in [3.8, 4) is 0 Å². The molecule has 0 radical (unpaired) electrons. The van der Waals surface area contributed by atoms with Gasteiger partial charge in [0.05, 0.1) is 5.56 Å². The highest BCUT2D eigenvalue weighted by atomic mass is 19.4. The van der Waals surface area contributed by atoms with Crippen molar-refractivity contribution in [2.75, 3.05) is 6.61 Å². The zero-order chi connectivity index (χ0) is 21.1. The Morgan fingerprint density at radius 3 is 2.63 bits per heavy atom. The molecular weight excluding hydrogens is 397 g/mol. The van der Waals surface area contributed by atoms with E-state index in [4.69, 9.17) is 9.15 Å². The van der Waals surface area contributed by atoms with Crippen LogP contribution in [0.1, 0.15) is 84.3 Å².